The smallest absolute Gasteiger partial charge is 0.132 e. The highest BCUT2D eigenvalue weighted by atomic mass is 35.5. The van der Waals surface area contributed by atoms with Crippen LogP contribution in [0, 0.1) is 0 Å². The summed E-state index contributed by atoms with van der Waals surface area (Å²) < 4.78 is 0. The monoisotopic (exact) mass is 360 g/mol. The van der Waals surface area contributed by atoms with E-state index < -0.39 is 0 Å². The molecule has 0 bridgehead atoms. The molecule has 0 aliphatic carbocycles. The van der Waals surface area contributed by atoms with Crippen molar-refractivity contribution in [1.82, 2.24) is 20.1 Å². The lowest BCUT2D eigenvalue weighted by atomic mass is 10.3. The number of aliphatic imine (C=N–C) groups is 2. The van der Waals surface area contributed by atoms with Gasteiger partial charge in [0.15, 0.2) is 0 Å². The summed E-state index contributed by atoms with van der Waals surface area (Å²) in [5, 5.41) is 16.6. The van der Waals surface area contributed by atoms with Gasteiger partial charge in [0.05, 0.1) is 12.6 Å². The first-order chi connectivity index (χ1) is 10.5. The van der Waals surface area contributed by atoms with Crippen LogP contribution in [0.4, 0.5) is 0 Å². The van der Waals surface area contributed by atoms with E-state index in [1.165, 1.54) is 0 Å². The van der Waals surface area contributed by atoms with Crippen molar-refractivity contribution in [1.29, 1.82) is 0 Å². The van der Waals surface area contributed by atoms with E-state index in [1.807, 2.05) is 6.92 Å². The molecule has 128 valence electrons. The molecule has 7 nitrogen and oxygen atoms in total. The first kappa shape index (κ1) is 21.3. The summed E-state index contributed by atoms with van der Waals surface area (Å²) in [6.07, 6.45) is 1.08. The Bertz CT molecular complexity index is 637. The molecule has 1 aromatic heterocycles. The van der Waals surface area contributed by atoms with Crippen LogP contribution in [0.3, 0.4) is 0 Å². The van der Waals surface area contributed by atoms with E-state index in [0.29, 0.717) is 20.9 Å². The van der Waals surface area contributed by atoms with Crippen molar-refractivity contribution < 1.29 is 5.21 Å². The van der Waals surface area contributed by atoms with Gasteiger partial charge in [0.1, 0.15) is 11.0 Å². The van der Waals surface area contributed by atoms with Gasteiger partial charge in [-0.25, -0.2) is 9.98 Å². The van der Waals surface area contributed by atoms with E-state index >= 15 is 0 Å². The number of benzene rings is 1. The highest BCUT2D eigenvalue weighted by Gasteiger charge is 2.01. The molecule has 0 radical (unpaired) electrons. The highest BCUT2D eigenvalue weighted by molar-refractivity contribution is 6.31. The summed E-state index contributed by atoms with van der Waals surface area (Å²) in [7, 11) is 4.12. The molecule has 0 aliphatic rings. The Kier molecular flexibility index (Phi) is 11.0. The fourth-order valence-electron chi connectivity index (χ4n) is 1.52. The van der Waals surface area contributed by atoms with Crippen LogP contribution >= 0.6 is 24.0 Å². The SMILES string of the molecule is CCN=C=NCCCN(C)C.Cl.On1nnc2ccc(Cl)cc21. The molecule has 0 spiro atoms. The number of hydrogen-bond acceptors (Lipinski definition) is 6. The number of aromatic nitrogens is 3. The molecule has 1 heterocycles. The maximum Gasteiger partial charge on any atom is 0.132 e. The van der Waals surface area contributed by atoms with Gasteiger partial charge in [0, 0.05) is 11.6 Å². The van der Waals surface area contributed by atoms with E-state index in [2.05, 4.69) is 45.3 Å². The Morgan fingerprint density at radius 3 is 2.74 bits per heavy atom. The maximum atomic E-state index is 9.02. The van der Waals surface area contributed by atoms with E-state index in [0.717, 1.165) is 26.1 Å². The average Bonchev–Trinajstić information content (AvgIpc) is 2.84. The Labute approximate surface area is 147 Å². The van der Waals surface area contributed by atoms with Gasteiger partial charge < -0.3 is 10.1 Å². The van der Waals surface area contributed by atoms with Gasteiger partial charge in [-0.3, -0.25) is 0 Å². The third kappa shape index (κ3) is 8.52. The molecule has 0 aliphatic heterocycles. The molecule has 0 atom stereocenters. The Hall–Kier alpha value is -1.66. The van der Waals surface area contributed by atoms with Crippen molar-refractivity contribution in [2.45, 2.75) is 13.3 Å². The lowest BCUT2D eigenvalue weighted by molar-refractivity contribution is 0.155. The van der Waals surface area contributed by atoms with Gasteiger partial charge in [0.2, 0.25) is 0 Å². The highest BCUT2D eigenvalue weighted by Crippen LogP contribution is 2.15. The van der Waals surface area contributed by atoms with Crippen LogP contribution < -0.4 is 0 Å². The topological polar surface area (TPSA) is 78.9 Å². The van der Waals surface area contributed by atoms with Crippen LogP contribution in [0.5, 0.6) is 0 Å². The summed E-state index contributed by atoms with van der Waals surface area (Å²) >= 11 is 5.67. The third-order valence-electron chi connectivity index (χ3n) is 2.56. The predicted molar refractivity (Wildman–Crippen MR) is 95.4 cm³/mol. The summed E-state index contributed by atoms with van der Waals surface area (Å²) in [5.74, 6) is 0. The minimum Gasteiger partial charge on any atom is -0.410 e. The molecule has 23 heavy (non-hydrogen) atoms. The second-order valence-electron chi connectivity index (χ2n) is 4.72. The molecule has 0 saturated heterocycles. The largest absolute Gasteiger partial charge is 0.410 e. The maximum absolute atomic E-state index is 9.02. The molecule has 1 N–H and O–H groups in total. The fraction of sp³-hybridized carbons (Fsp3) is 0.500. The van der Waals surface area contributed by atoms with Crippen LogP contribution in [0.1, 0.15) is 13.3 Å². The second kappa shape index (κ2) is 11.8. The van der Waals surface area contributed by atoms with Crippen LogP contribution in [-0.4, -0.2) is 65.0 Å². The fourth-order valence-corrected chi connectivity index (χ4v) is 1.68. The van der Waals surface area contributed by atoms with Crippen LogP contribution in [0.25, 0.3) is 11.0 Å². The van der Waals surface area contributed by atoms with Gasteiger partial charge in [0.25, 0.3) is 0 Å². The summed E-state index contributed by atoms with van der Waals surface area (Å²) in [6, 6.07) is 7.62. The van der Waals surface area contributed by atoms with Gasteiger partial charge >= 0.3 is 0 Å². The summed E-state index contributed by atoms with van der Waals surface area (Å²) in [6.45, 7) is 4.67. The molecule has 2 rings (SSSR count). The minimum absolute atomic E-state index is 0. The standard InChI is InChI=1S/C8H17N3.C6H4ClN3O.ClH/c1-4-9-8-10-6-5-7-11(2)3;7-4-1-2-5-6(3-4)10(11)9-8-5;/h4-7H2,1-3H3;1-3,11H;1H. The van der Waals surface area contributed by atoms with Crippen LogP contribution in [0.2, 0.25) is 5.02 Å². The molecule has 0 amide bonds. The Morgan fingerprint density at radius 2 is 2.09 bits per heavy atom. The molecule has 2 aromatic rings. The zero-order chi connectivity index (χ0) is 16.4. The van der Waals surface area contributed by atoms with Crippen molar-refractivity contribution in [2.24, 2.45) is 9.98 Å². The van der Waals surface area contributed by atoms with Crippen molar-refractivity contribution >= 4 is 41.0 Å². The molecular weight excluding hydrogens is 339 g/mol. The van der Waals surface area contributed by atoms with Crippen molar-refractivity contribution in [2.75, 3.05) is 33.7 Å². The van der Waals surface area contributed by atoms with Gasteiger partial charge in [-0.1, -0.05) is 16.4 Å². The first-order valence-electron chi connectivity index (χ1n) is 6.97. The second-order valence-corrected chi connectivity index (χ2v) is 5.16. The van der Waals surface area contributed by atoms with Gasteiger partial charge in [-0.15, -0.1) is 17.5 Å². The quantitative estimate of drug-likeness (QED) is 0.505. The summed E-state index contributed by atoms with van der Waals surface area (Å²) in [5.41, 5.74) is 1.13. The number of fused-ring (bicyclic) bond motifs is 1. The lowest BCUT2D eigenvalue weighted by Crippen LogP contribution is -2.13. The van der Waals surface area contributed by atoms with Gasteiger partial charge in [-0.05, 0) is 57.4 Å². The predicted octanol–water partition coefficient (Wildman–Crippen LogP) is 2.88. The summed E-state index contributed by atoms with van der Waals surface area (Å²) in [4.78, 5) is 10.7. The molecule has 1 aromatic carbocycles. The van der Waals surface area contributed by atoms with Crippen LogP contribution in [0.15, 0.2) is 28.2 Å². The normalized spacial score (nSPS) is 9.61. The molecular formula is C14H22Cl2N6O. The Morgan fingerprint density at radius 1 is 1.35 bits per heavy atom. The minimum atomic E-state index is 0. The number of halogens is 2. The van der Waals surface area contributed by atoms with Crippen molar-refractivity contribution in [3.05, 3.63) is 23.2 Å². The first-order valence-corrected chi connectivity index (χ1v) is 7.35. The number of nitrogens with zero attached hydrogens (tertiary/aromatic N) is 6. The molecule has 0 unspecified atom stereocenters. The van der Waals surface area contributed by atoms with E-state index in [9.17, 15) is 0 Å². The van der Waals surface area contributed by atoms with Gasteiger partial charge in [-0.2, -0.15) is 0 Å². The van der Waals surface area contributed by atoms with E-state index in [1.54, 1.807) is 18.2 Å². The van der Waals surface area contributed by atoms with E-state index in [-0.39, 0.29) is 12.4 Å². The third-order valence-corrected chi connectivity index (χ3v) is 2.80. The molecule has 0 saturated carbocycles. The van der Waals surface area contributed by atoms with Crippen molar-refractivity contribution in [3.63, 3.8) is 0 Å². The average molecular weight is 361 g/mol. The zero-order valence-corrected chi connectivity index (χ0v) is 15.0. The Balaban J connectivity index is 0.000000403. The van der Waals surface area contributed by atoms with E-state index in [4.69, 9.17) is 16.8 Å². The van der Waals surface area contributed by atoms with Crippen LogP contribution in [-0.2, 0) is 0 Å². The number of rotatable bonds is 5. The molecule has 9 heteroatoms. The van der Waals surface area contributed by atoms with Crippen molar-refractivity contribution in [3.8, 4) is 0 Å². The number of hydrogen-bond donors (Lipinski definition) is 1. The zero-order valence-electron chi connectivity index (χ0n) is 13.5. The lowest BCUT2D eigenvalue weighted by Gasteiger charge is -2.05. The molecule has 0 fully saturated rings.